The van der Waals surface area contributed by atoms with E-state index >= 15 is 0 Å². The minimum atomic E-state index is -0.248. The van der Waals surface area contributed by atoms with Gasteiger partial charge in [0.25, 0.3) is 0 Å². The molecule has 2 saturated heterocycles. The lowest BCUT2D eigenvalue weighted by molar-refractivity contribution is -0.140. The fraction of sp³-hybridized carbons (Fsp3) is 0.409. The third kappa shape index (κ3) is 4.46. The molecule has 0 bridgehead atoms. The van der Waals surface area contributed by atoms with Crippen molar-refractivity contribution >= 4 is 11.8 Å². The number of carbonyl (C=O) groups is 2. The molecule has 2 unspecified atom stereocenters. The van der Waals surface area contributed by atoms with Crippen molar-refractivity contribution in [2.75, 3.05) is 26.2 Å². The fourth-order valence-electron chi connectivity index (χ4n) is 4.01. The smallest absolute Gasteiger partial charge is 0.241 e. The zero-order valence-electron chi connectivity index (χ0n) is 16.7. The molecule has 7 nitrogen and oxygen atoms in total. The van der Waals surface area contributed by atoms with E-state index in [9.17, 15) is 9.59 Å². The molecule has 0 spiro atoms. The fourth-order valence-corrected chi connectivity index (χ4v) is 4.01. The highest BCUT2D eigenvalue weighted by Crippen LogP contribution is 2.23. The Kier molecular flexibility index (Phi) is 5.87. The van der Waals surface area contributed by atoms with Gasteiger partial charge in [-0.05, 0) is 42.2 Å². The number of carbonyl (C=O) groups excluding carboxylic acids is 2. The lowest BCUT2D eigenvalue weighted by Gasteiger charge is -2.36. The number of piperazine rings is 1. The van der Waals surface area contributed by atoms with E-state index in [1.807, 2.05) is 53.1 Å². The Labute approximate surface area is 171 Å². The Balaban J connectivity index is 1.28. The molecule has 0 radical (unpaired) electrons. The predicted octanol–water partition coefficient (Wildman–Crippen LogP) is 1.21. The van der Waals surface area contributed by atoms with Crippen LogP contribution in [-0.4, -0.2) is 58.8 Å². The summed E-state index contributed by atoms with van der Waals surface area (Å²) < 4.78 is 0. The first kappa shape index (κ1) is 19.5. The number of rotatable bonds is 4. The molecule has 2 aromatic rings. The molecule has 2 atom stereocenters. The van der Waals surface area contributed by atoms with Crippen LogP contribution in [0.2, 0.25) is 0 Å². The van der Waals surface area contributed by atoms with Gasteiger partial charge >= 0.3 is 0 Å². The quantitative estimate of drug-likeness (QED) is 0.817. The molecule has 7 heteroatoms. The lowest BCUT2D eigenvalue weighted by atomic mass is 10.0. The van der Waals surface area contributed by atoms with E-state index in [4.69, 9.17) is 0 Å². The van der Waals surface area contributed by atoms with Crippen molar-refractivity contribution in [3.8, 4) is 0 Å². The van der Waals surface area contributed by atoms with Crippen LogP contribution >= 0.6 is 0 Å². The minimum Gasteiger partial charge on any atom is -0.339 e. The molecule has 0 saturated carbocycles. The largest absolute Gasteiger partial charge is 0.339 e. The van der Waals surface area contributed by atoms with Crippen LogP contribution < -0.4 is 10.9 Å². The molecule has 2 fully saturated rings. The standard InChI is InChI=1S/C22H27N5O2/c1-16-4-2-3-5-18(16)14-21(28)26-10-12-27(13-11-26)22(29)20-15-19(24-25-20)17-6-8-23-9-7-17/h2-9,19-20,24-25H,10-15H2,1H3. The van der Waals surface area contributed by atoms with Gasteiger partial charge in [0.2, 0.25) is 11.8 Å². The first-order valence-electron chi connectivity index (χ1n) is 10.1. The molecule has 29 heavy (non-hydrogen) atoms. The molecular formula is C22H27N5O2. The molecule has 2 aliphatic heterocycles. The monoisotopic (exact) mass is 393 g/mol. The zero-order chi connectivity index (χ0) is 20.2. The van der Waals surface area contributed by atoms with Crippen LogP contribution in [0.15, 0.2) is 48.8 Å². The van der Waals surface area contributed by atoms with Gasteiger partial charge in [-0.2, -0.15) is 0 Å². The summed E-state index contributed by atoms with van der Waals surface area (Å²) in [6.45, 7) is 4.36. The second-order valence-corrected chi connectivity index (χ2v) is 7.72. The normalized spacial score (nSPS) is 22.0. The van der Waals surface area contributed by atoms with E-state index in [-0.39, 0.29) is 23.9 Å². The molecule has 1 aromatic heterocycles. The van der Waals surface area contributed by atoms with E-state index in [2.05, 4.69) is 15.8 Å². The first-order chi connectivity index (χ1) is 14.1. The van der Waals surface area contributed by atoms with Gasteiger partial charge < -0.3 is 9.80 Å². The topological polar surface area (TPSA) is 77.6 Å². The average Bonchev–Trinajstić information content (AvgIpc) is 3.26. The summed E-state index contributed by atoms with van der Waals surface area (Å²) in [4.78, 5) is 33.3. The average molecular weight is 393 g/mol. The Morgan fingerprint density at radius 2 is 1.69 bits per heavy atom. The van der Waals surface area contributed by atoms with E-state index in [0.717, 1.165) is 16.7 Å². The number of nitrogens with zero attached hydrogens (tertiary/aromatic N) is 3. The SMILES string of the molecule is Cc1ccccc1CC(=O)N1CCN(C(=O)C2CC(c3ccncc3)NN2)CC1. The number of aryl methyl sites for hydroxylation is 1. The zero-order valence-corrected chi connectivity index (χ0v) is 16.7. The number of pyridine rings is 1. The van der Waals surface area contributed by atoms with Gasteiger partial charge in [-0.25, -0.2) is 10.9 Å². The summed E-state index contributed by atoms with van der Waals surface area (Å²) in [5.41, 5.74) is 9.67. The van der Waals surface area contributed by atoms with Gasteiger partial charge in [0, 0.05) is 44.6 Å². The summed E-state index contributed by atoms with van der Waals surface area (Å²) in [7, 11) is 0. The van der Waals surface area contributed by atoms with Crippen molar-refractivity contribution in [3.63, 3.8) is 0 Å². The summed E-state index contributed by atoms with van der Waals surface area (Å²) in [6.07, 6.45) is 4.65. The van der Waals surface area contributed by atoms with Crippen LogP contribution in [-0.2, 0) is 16.0 Å². The first-order valence-corrected chi connectivity index (χ1v) is 10.1. The maximum absolute atomic E-state index is 12.9. The van der Waals surface area contributed by atoms with Crippen molar-refractivity contribution in [2.24, 2.45) is 0 Å². The van der Waals surface area contributed by atoms with Crippen LogP contribution in [0.4, 0.5) is 0 Å². The number of hydrazine groups is 1. The van der Waals surface area contributed by atoms with E-state index < -0.39 is 0 Å². The van der Waals surface area contributed by atoms with Gasteiger partial charge in [0.1, 0.15) is 6.04 Å². The Morgan fingerprint density at radius 3 is 2.41 bits per heavy atom. The highest BCUT2D eigenvalue weighted by molar-refractivity contribution is 5.83. The van der Waals surface area contributed by atoms with Gasteiger partial charge in [-0.3, -0.25) is 14.6 Å². The van der Waals surface area contributed by atoms with Crippen LogP contribution in [0.3, 0.4) is 0 Å². The third-order valence-corrected chi connectivity index (χ3v) is 5.86. The number of hydrogen-bond donors (Lipinski definition) is 2. The van der Waals surface area contributed by atoms with Crippen LogP contribution in [0.1, 0.15) is 29.2 Å². The van der Waals surface area contributed by atoms with Gasteiger partial charge in [-0.15, -0.1) is 0 Å². The number of amides is 2. The van der Waals surface area contributed by atoms with Crippen LogP contribution in [0, 0.1) is 6.92 Å². The minimum absolute atomic E-state index is 0.0973. The summed E-state index contributed by atoms with van der Waals surface area (Å²) in [5.74, 6) is 0.227. The van der Waals surface area contributed by atoms with Crippen molar-refractivity contribution in [2.45, 2.75) is 31.8 Å². The summed E-state index contributed by atoms with van der Waals surface area (Å²) in [6, 6.07) is 11.8. The van der Waals surface area contributed by atoms with Crippen molar-refractivity contribution in [1.29, 1.82) is 0 Å². The van der Waals surface area contributed by atoms with E-state index in [1.54, 1.807) is 12.4 Å². The molecule has 152 valence electrons. The number of nitrogens with one attached hydrogen (secondary N) is 2. The van der Waals surface area contributed by atoms with Gasteiger partial charge in [0.15, 0.2) is 0 Å². The third-order valence-electron chi connectivity index (χ3n) is 5.86. The number of benzene rings is 1. The molecule has 2 aliphatic rings. The predicted molar refractivity (Wildman–Crippen MR) is 110 cm³/mol. The van der Waals surface area contributed by atoms with Gasteiger partial charge in [0.05, 0.1) is 6.42 Å². The second-order valence-electron chi connectivity index (χ2n) is 7.72. The van der Waals surface area contributed by atoms with Gasteiger partial charge in [-0.1, -0.05) is 24.3 Å². The Bertz CT molecular complexity index is 865. The maximum Gasteiger partial charge on any atom is 0.241 e. The second kappa shape index (κ2) is 8.71. The van der Waals surface area contributed by atoms with E-state index in [0.29, 0.717) is 39.0 Å². The summed E-state index contributed by atoms with van der Waals surface area (Å²) >= 11 is 0. The Morgan fingerprint density at radius 1 is 1.00 bits per heavy atom. The molecule has 2 amide bonds. The molecule has 3 heterocycles. The van der Waals surface area contributed by atoms with Crippen molar-refractivity contribution in [1.82, 2.24) is 25.6 Å². The van der Waals surface area contributed by atoms with Crippen molar-refractivity contribution < 1.29 is 9.59 Å². The molecule has 0 aliphatic carbocycles. The maximum atomic E-state index is 12.9. The summed E-state index contributed by atoms with van der Waals surface area (Å²) in [5, 5.41) is 0. The van der Waals surface area contributed by atoms with E-state index in [1.165, 1.54) is 0 Å². The van der Waals surface area contributed by atoms with Crippen LogP contribution in [0.25, 0.3) is 0 Å². The molecule has 1 aromatic carbocycles. The Hall–Kier alpha value is -2.77. The molecule has 4 rings (SSSR count). The lowest BCUT2D eigenvalue weighted by Crippen LogP contribution is -2.55. The highest BCUT2D eigenvalue weighted by Gasteiger charge is 2.34. The molecular weight excluding hydrogens is 366 g/mol. The number of hydrogen-bond acceptors (Lipinski definition) is 5. The number of aromatic nitrogens is 1. The van der Waals surface area contributed by atoms with Crippen molar-refractivity contribution in [3.05, 3.63) is 65.5 Å². The highest BCUT2D eigenvalue weighted by atomic mass is 16.2. The van der Waals surface area contributed by atoms with Crippen LogP contribution in [0.5, 0.6) is 0 Å². The molecule has 2 N–H and O–H groups in total.